The number of aromatic nitrogens is 2. The Morgan fingerprint density at radius 3 is 1.80 bits per heavy atom. The molecular formula is C46H26N4Se. The van der Waals surface area contributed by atoms with Crippen LogP contribution in [0.2, 0.25) is 0 Å². The number of nitriles is 1. The zero-order chi connectivity index (χ0) is 34.1. The molecule has 0 fully saturated rings. The summed E-state index contributed by atoms with van der Waals surface area (Å²) in [6.45, 7) is 7.64. The molecule has 3 aromatic heterocycles. The Bertz CT molecular complexity index is 2960. The van der Waals surface area contributed by atoms with E-state index in [1.807, 2.05) is 18.2 Å². The van der Waals surface area contributed by atoms with Gasteiger partial charge in [-0.3, -0.25) is 0 Å². The second kappa shape index (κ2) is 11.5. The van der Waals surface area contributed by atoms with Crippen molar-refractivity contribution < 1.29 is 0 Å². The third-order valence-electron chi connectivity index (χ3n) is 10.0. The monoisotopic (exact) mass is 714 g/mol. The number of fused-ring (bicyclic) bond motifs is 8. The minimum absolute atomic E-state index is 0.0895. The Morgan fingerprint density at radius 2 is 1.12 bits per heavy atom. The Balaban J connectivity index is 1.15. The van der Waals surface area contributed by atoms with Crippen molar-refractivity contribution in [1.82, 2.24) is 9.13 Å². The zero-order valence-electron chi connectivity index (χ0n) is 27.2. The van der Waals surface area contributed by atoms with E-state index in [0.29, 0.717) is 0 Å². The van der Waals surface area contributed by atoms with E-state index in [0.717, 1.165) is 44.8 Å². The van der Waals surface area contributed by atoms with Gasteiger partial charge in [-0.25, -0.2) is 0 Å². The molecule has 0 N–H and O–H groups in total. The van der Waals surface area contributed by atoms with Crippen molar-refractivity contribution in [2.24, 2.45) is 0 Å². The van der Waals surface area contributed by atoms with Crippen molar-refractivity contribution >= 4 is 52.9 Å². The maximum absolute atomic E-state index is 9.75. The van der Waals surface area contributed by atoms with Crippen LogP contribution in [0.5, 0.6) is 0 Å². The zero-order valence-corrected chi connectivity index (χ0v) is 28.9. The first-order valence-electron chi connectivity index (χ1n) is 16.8. The van der Waals surface area contributed by atoms with Crippen LogP contribution in [0.4, 0.5) is 0 Å². The van der Waals surface area contributed by atoms with Crippen LogP contribution in [0.3, 0.4) is 0 Å². The molecule has 0 unspecified atom stereocenters. The summed E-state index contributed by atoms with van der Waals surface area (Å²) in [5.41, 5.74) is 13.2. The van der Waals surface area contributed by atoms with Gasteiger partial charge in [-0.2, -0.15) is 0 Å². The quantitative estimate of drug-likeness (QED) is 0.102. The molecule has 0 saturated heterocycles. The first kappa shape index (κ1) is 29.3. The number of benzene rings is 6. The molecule has 0 aliphatic heterocycles. The van der Waals surface area contributed by atoms with Crippen LogP contribution in [-0.4, -0.2) is 23.6 Å². The normalized spacial score (nSPS) is 12.9. The second-order valence-corrected chi connectivity index (χ2v) is 15.0. The van der Waals surface area contributed by atoms with Gasteiger partial charge < -0.3 is 0 Å². The summed E-state index contributed by atoms with van der Waals surface area (Å²) in [7, 11) is 0. The average Bonchev–Trinajstić information content (AvgIpc) is 3.96. The third kappa shape index (κ3) is 4.37. The average molecular weight is 714 g/mol. The van der Waals surface area contributed by atoms with E-state index in [1.54, 1.807) is 0 Å². The number of hydrogen-bond donors (Lipinski definition) is 0. The first-order chi connectivity index (χ1) is 25.2. The summed E-state index contributed by atoms with van der Waals surface area (Å²) in [6.07, 6.45) is 0. The van der Waals surface area contributed by atoms with Crippen LogP contribution in [-0.2, 0) is 0 Å². The van der Waals surface area contributed by atoms with Crippen LogP contribution in [0.1, 0.15) is 11.1 Å². The first-order valence-corrected chi connectivity index (χ1v) is 18.5. The Labute approximate surface area is 300 Å². The van der Waals surface area contributed by atoms with E-state index in [1.165, 1.54) is 47.2 Å². The molecule has 0 atom stereocenters. The van der Waals surface area contributed by atoms with Crippen molar-refractivity contribution in [3.8, 4) is 48.6 Å². The standard InChI is InChI=1S/C46H26N4Se/c1-48-39(28-47)44-34-17-9-8-16-33(34)37-26-29(20-22-35(37)44)42-24-25-43(51-42)30-21-23-41-38(27-30)45-36-18-10-11-19-40(36)49(31-12-4-2-5-13-31)46(45)50(41)32-14-6-3-7-15-32/h2-27H/b44-39-. The van der Waals surface area contributed by atoms with Crippen LogP contribution in [0.15, 0.2) is 163 Å². The fraction of sp³-hybridized carbons (Fsp3) is 0. The topological polar surface area (TPSA) is 38.0 Å². The predicted molar refractivity (Wildman–Crippen MR) is 209 cm³/mol. The van der Waals surface area contributed by atoms with Crippen LogP contribution in [0.25, 0.3) is 85.8 Å². The summed E-state index contributed by atoms with van der Waals surface area (Å²) in [6, 6.07) is 58.3. The van der Waals surface area contributed by atoms with Gasteiger partial charge in [0.2, 0.25) is 0 Å². The van der Waals surface area contributed by atoms with Crippen LogP contribution in [0, 0.1) is 17.9 Å². The molecule has 0 radical (unpaired) electrons. The molecule has 0 amide bonds. The van der Waals surface area contributed by atoms with E-state index >= 15 is 0 Å². The summed E-state index contributed by atoms with van der Waals surface area (Å²) in [5.74, 6) is 0. The van der Waals surface area contributed by atoms with Gasteiger partial charge >= 0.3 is 302 Å². The minimum atomic E-state index is 0.0895. The second-order valence-electron chi connectivity index (χ2n) is 12.7. The maximum atomic E-state index is 9.75. The Morgan fingerprint density at radius 1 is 0.549 bits per heavy atom. The molecule has 3 heterocycles. The van der Waals surface area contributed by atoms with Gasteiger partial charge in [-0.15, -0.1) is 0 Å². The van der Waals surface area contributed by atoms with E-state index < -0.39 is 0 Å². The van der Waals surface area contributed by atoms with E-state index in [4.69, 9.17) is 6.57 Å². The van der Waals surface area contributed by atoms with Gasteiger partial charge in [0.05, 0.1) is 0 Å². The molecule has 236 valence electrons. The number of nitrogens with zero attached hydrogens (tertiary/aromatic N) is 4. The molecule has 0 spiro atoms. The summed E-state index contributed by atoms with van der Waals surface area (Å²) in [5, 5.41) is 13.5. The van der Waals surface area contributed by atoms with E-state index in [9.17, 15) is 5.26 Å². The van der Waals surface area contributed by atoms with Gasteiger partial charge in [0.25, 0.3) is 0 Å². The van der Waals surface area contributed by atoms with Gasteiger partial charge in [0.1, 0.15) is 0 Å². The number of allylic oxidation sites excluding steroid dienone is 1. The number of hydrogen-bond acceptors (Lipinski definition) is 1. The Hall–Kier alpha value is -6.62. The van der Waals surface area contributed by atoms with Crippen LogP contribution >= 0.6 is 0 Å². The molecule has 0 saturated carbocycles. The molecule has 10 rings (SSSR count). The summed E-state index contributed by atoms with van der Waals surface area (Å²) >= 11 is 0.0895. The summed E-state index contributed by atoms with van der Waals surface area (Å²) in [4.78, 5) is 3.57. The van der Waals surface area contributed by atoms with Gasteiger partial charge in [-0.1, -0.05) is 0 Å². The molecule has 0 bridgehead atoms. The number of rotatable bonds is 4. The molecule has 51 heavy (non-hydrogen) atoms. The van der Waals surface area contributed by atoms with Crippen molar-refractivity contribution in [3.05, 3.63) is 186 Å². The Kier molecular flexibility index (Phi) is 6.60. The van der Waals surface area contributed by atoms with Gasteiger partial charge in [-0.05, 0) is 0 Å². The van der Waals surface area contributed by atoms with E-state index in [-0.39, 0.29) is 20.2 Å². The fourth-order valence-corrected chi connectivity index (χ4v) is 9.93. The molecule has 1 aliphatic carbocycles. The van der Waals surface area contributed by atoms with Crippen molar-refractivity contribution in [2.75, 3.05) is 0 Å². The van der Waals surface area contributed by atoms with Crippen molar-refractivity contribution in [3.63, 3.8) is 0 Å². The van der Waals surface area contributed by atoms with Gasteiger partial charge in [0.15, 0.2) is 0 Å². The third-order valence-corrected chi connectivity index (χ3v) is 12.5. The van der Waals surface area contributed by atoms with Crippen LogP contribution < -0.4 is 0 Å². The molecule has 4 nitrogen and oxygen atoms in total. The SMILES string of the molecule is [C-]#[N+]/C(C#N)=C1/c2ccccc2-c2cc(-c3ccc(-c4ccc5c(c4)c4c6ccccc6n(-c6ccccc6)c4n5-c4ccccc4)[se]3)ccc21. The fourth-order valence-electron chi connectivity index (χ4n) is 7.84. The van der Waals surface area contributed by atoms with Crippen molar-refractivity contribution in [2.45, 2.75) is 0 Å². The van der Waals surface area contributed by atoms with Crippen molar-refractivity contribution in [1.29, 1.82) is 5.26 Å². The molecule has 9 aromatic rings. The molecule has 5 heteroatoms. The molecular weight excluding hydrogens is 687 g/mol. The summed E-state index contributed by atoms with van der Waals surface area (Å²) < 4.78 is 7.47. The van der Waals surface area contributed by atoms with Gasteiger partial charge in [0, 0.05) is 0 Å². The molecule has 1 aliphatic rings. The number of para-hydroxylation sites is 3. The molecule has 6 aromatic carbocycles. The van der Waals surface area contributed by atoms with E-state index in [2.05, 4.69) is 160 Å². The predicted octanol–water partition coefficient (Wildman–Crippen LogP) is 11.3.